The van der Waals surface area contributed by atoms with Gasteiger partial charge in [-0.25, -0.2) is 0 Å². The van der Waals surface area contributed by atoms with Crippen LogP contribution in [0.4, 0.5) is 11.4 Å². The third kappa shape index (κ3) is 3.55. The molecule has 122 valence electrons. The van der Waals surface area contributed by atoms with Crippen LogP contribution < -0.4 is 10.2 Å². The highest BCUT2D eigenvalue weighted by molar-refractivity contribution is 6.06. The number of amides is 1. The summed E-state index contributed by atoms with van der Waals surface area (Å²) in [4.78, 5) is 17.1. The van der Waals surface area contributed by atoms with Crippen molar-refractivity contribution in [3.63, 3.8) is 0 Å². The number of hydrogen-bond acceptors (Lipinski definition) is 4. The quantitative estimate of drug-likeness (QED) is 0.944. The van der Waals surface area contributed by atoms with Crippen LogP contribution in [0.3, 0.4) is 0 Å². The molecule has 24 heavy (non-hydrogen) atoms. The molecule has 1 aliphatic rings. The zero-order chi connectivity index (χ0) is 16.9. The van der Waals surface area contributed by atoms with E-state index in [0.717, 1.165) is 37.6 Å². The minimum Gasteiger partial charge on any atom is -0.367 e. The minimum absolute atomic E-state index is 0.166. The molecule has 0 saturated carbocycles. The monoisotopic (exact) mass is 320 g/mol. The molecule has 1 N–H and O–H groups in total. The van der Waals surface area contributed by atoms with Crippen molar-refractivity contribution < 1.29 is 4.79 Å². The van der Waals surface area contributed by atoms with Gasteiger partial charge in [-0.3, -0.25) is 4.79 Å². The summed E-state index contributed by atoms with van der Waals surface area (Å²) in [6, 6.07) is 16.6. The average Bonchev–Trinajstić information content (AvgIpc) is 2.63. The first-order valence-electron chi connectivity index (χ1n) is 8.01. The molecular formula is C19H20N4O. The van der Waals surface area contributed by atoms with E-state index in [-0.39, 0.29) is 5.91 Å². The number of nitrogens with zero attached hydrogens (tertiary/aromatic N) is 3. The number of nitrogens with one attached hydrogen (secondary N) is 1. The Labute approximate surface area is 142 Å². The Balaban J connectivity index is 1.77. The SMILES string of the molecule is CN1CCN(c2ccccc2NC(=O)c2ccc(C#N)cc2)CC1. The molecule has 0 spiro atoms. The van der Waals surface area contributed by atoms with Crippen molar-refractivity contribution >= 4 is 17.3 Å². The largest absolute Gasteiger partial charge is 0.367 e. The van der Waals surface area contributed by atoms with E-state index in [4.69, 9.17) is 5.26 Å². The predicted octanol–water partition coefficient (Wildman–Crippen LogP) is 2.56. The number of piperazine rings is 1. The number of para-hydroxylation sites is 2. The van der Waals surface area contributed by atoms with Crippen LogP contribution in [0.25, 0.3) is 0 Å². The van der Waals surface area contributed by atoms with Gasteiger partial charge in [-0.1, -0.05) is 12.1 Å². The van der Waals surface area contributed by atoms with Crippen molar-refractivity contribution in [2.24, 2.45) is 0 Å². The highest BCUT2D eigenvalue weighted by Crippen LogP contribution is 2.27. The summed E-state index contributed by atoms with van der Waals surface area (Å²) < 4.78 is 0. The Morgan fingerprint density at radius 2 is 1.71 bits per heavy atom. The van der Waals surface area contributed by atoms with Gasteiger partial charge in [0.15, 0.2) is 0 Å². The zero-order valence-electron chi connectivity index (χ0n) is 13.7. The summed E-state index contributed by atoms with van der Waals surface area (Å²) in [5.74, 6) is -0.166. The number of benzene rings is 2. The second kappa shape index (κ2) is 7.16. The van der Waals surface area contributed by atoms with Gasteiger partial charge in [0, 0.05) is 31.7 Å². The van der Waals surface area contributed by atoms with Crippen LogP contribution in [-0.4, -0.2) is 44.0 Å². The summed E-state index contributed by atoms with van der Waals surface area (Å²) in [6.45, 7) is 3.91. The van der Waals surface area contributed by atoms with Gasteiger partial charge in [0.2, 0.25) is 0 Å². The fraction of sp³-hybridized carbons (Fsp3) is 0.263. The van der Waals surface area contributed by atoms with Crippen molar-refractivity contribution in [2.75, 3.05) is 43.4 Å². The van der Waals surface area contributed by atoms with E-state index in [2.05, 4.69) is 28.2 Å². The second-order valence-electron chi connectivity index (χ2n) is 5.95. The lowest BCUT2D eigenvalue weighted by molar-refractivity contribution is 0.102. The molecule has 1 aliphatic heterocycles. The molecule has 0 aromatic heterocycles. The predicted molar refractivity (Wildman–Crippen MR) is 95.3 cm³/mol. The highest BCUT2D eigenvalue weighted by Gasteiger charge is 2.18. The van der Waals surface area contributed by atoms with Crippen molar-refractivity contribution in [2.45, 2.75) is 0 Å². The molecule has 2 aromatic carbocycles. The fourth-order valence-corrected chi connectivity index (χ4v) is 2.79. The number of carbonyl (C=O) groups is 1. The summed E-state index contributed by atoms with van der Waals surface area (Å²) in [7, 11) is 2.12. The maximum absolute atomic E-state index is 12.5. The molecule has 5 nitrogen and oxygen atoms in total. The topological polar surface area (TPSA) is 59.4 Å². The number of hydrogen-bond donors (Lipinski definition) is 1. The first kappa shape index (κ1) is 16.0. The van der Waals surface area contributed by atoms with Crippen molar-refractivity contribution in [3.8, 4) is 6.07 Å². The normalized spacial score (nSPS) is 14.9. The van der Waals surface area contributed by atoms with Gasteiger partial charge in [0.25, 0.3) is 5.91 Å². The van der Waals surface area contributed by atoms with Gasteiger partial charge in [-0.15, -0.1) is 0 Å². The molecule has 1 saturated heterocycles. The maximum Gasteiger partial charge on any atom is 0.255 e. The van der Waals surface area contributed by atoms with Crippen LogP contribution >= 0.6 is 0 Å². The second-order valence-corrected chi connectivity index (χ2v) is 5.95. The zero-order valence-corrected chi connectivity index (χ0v) is 13.7. The molecule has 1 heterocycles. The van der Waals surface area contributed by atoms with Gasteiger partial charge in [0.1, 0.15) is 0 Å². The maximum atomic E-state index is 12.5. The lowest BCUT2D eigenvalue weighted by Crippen LogP contribution is -2.44. The lowest BCUT2D eigenvalue weighted by atomic mass is 10.1. The molecule has 0 radical (unpaired) electrons. The number of carbonyl (C=O) groups excluding carboxylic acids is 1. The third-order valence-electron chi connectivity index (χ3n) is 4.27. The van der Waals surface area contributed by atoms with E-state index >= 15 is 0 Å². The van der Waals surface area contributed by atoms with Gasteiger partial charge in [-0.2, -0.15) is 5.26 Å². The molecule has 5 heteroatoms. The first-order chi connectivity index (χ1) is 11.7. The molecule has 1 amide bonds. The van der Waals surface area contributed by atoms with E-state index in [1.807, 2.05) is 24.3 Å². The fourth-order valence-electron chi connectivity index (χ4n) is 2.79. The van der Waals surface area contributed by atoms with E-state index in [9.17, 15) is 4.79 Å². The van der Waals surface area contributed by atoms with Crippen LogP contribution in [0.15, 0.2) is 48.5 Å². The molecule has 3 rings (SSSR count). The Morgan fingerprint density at radius 1 is 1.04 bits per heavy atom. The van der Waals surface area contributed by atoms with Crippen LogP contribution in [0.5, 0.6) is 0 Å². The Kier molecular flexibility index (Phi) is 4.78. The molecule has 0 bridgehead atoms. The van der Waals surface area contributed by atoms with Gasteiger partial charge in [-0.05, 0) is 43.4 Å². The number of nitriles is 1. The van der Waals surface area contributed by atoms with E-state index in [0.29, 0.717) is 11.1 Å². The highest BCUT2D eigenvalue weighted by atomic mass is 16.1. The van der Waals surface area contributed by atoms with E-state index < -0.39 is 0 Å². The standard InChI is InChI=1S/C19H20N4O/c1-22-10-12-23(13-11-22)18-5-3-2-4-17(18)21-19(24)16-8-6-15(14-20)7-9-16/h2-9H,10-13H2,1H3,(H,21,24). The molecule has 2 aromatic rings. The first-order valence-corrected chi connectivity index (χ1v) is 8.01. The number of likely N-dealkylation sites (N-methyl/N-ethyl adjacent to an activating group) is 1. The molecule has 0 atom stereocenters. The van der Waals surface area contributed by atoms with Crippen LogP contribution in [0, 0.1) is 11.3 Å². The smallest absolute Gasteiger partial charge is 0.255 e. The van der Waals surface area contributed by atoms with Crippen molar-refractivity contribution in [3.05, 3.63) is 59.7 Å². The summed E-state index contributed by atoms with van der Waals surface area (Å²) in [5.41, 5.74) is 2.95. The average molecular weight is 320 g/mol. The Hall–Kier alpha value is -2.84. The van der Waals surface area contributed by atoms with Gasteiger partial charge < -0.3 is 15.1 Å². The molecular weight excluding hydrogens is 300 g/mol. The molecule has 0 unspecified atom stereocenters. The number of rotatable bonds is 3. The summed E-state index contributed by atoms with van der Waals surface area (Å²) >= 11 is 0. The van der Waals surface area contributed by atoms with Gasteiger partial charge in [0.05, 0.1) is 23.0 Å². The number of anilines is 2. The van der Waals surface area contributed by atoms with Crippen LogP contribution in [0.2, 0.25) is 0 Å². The Morgan fingerprint density at radius 3 is 2.38 bits per heavy atom. The molecule has 0 aliphatic carbocycles. The Bertz CT molecular complexity index is 756. The molecule has 1 fully saturated rings. The van der Waals surface area contributed by atoms with E-state index in [1.165, 1.54) is 0 Å². The van der Waals surface area contributed by atoms with Crippen LogP contribution in [0.1, 0.15) is 15.9 Å². The van der Waals surface area contributed by atoms with Crippen molar-refractivity contribution in [1.82, 2.24) is 4.90 Å². The summed E-state index contributed by atoms with van der Waals surface area (Å²) in [5, 5.41) is 11.8. The van der Waals surface area contributed by atoms with E-state index in [1.54, 1.807) is 24.3 Å². The third-order valence-corrected chi connectivity index (χ3v) is 4.27. The van der Waals surface area contributed by atoms with Crippen LogP contribution in [-0.2, 0) is 0 Å². The minimum atomic E-state index is -0.166. The lowest BCUT2D eigenvalue weighted by Gasteiger charge is -2.35. The van der Waals surface area contributed by atoms with Gasteiger partial charge >= 0.3 is 0 Å². The summed E-state index contributed by atoms with van der Waals surface area (Å²) in [6.07, 6.45) is 0. The van der Waals surface area contributed by atoms with Crippen molar-refractivity contribution in [1.29, 1.82) is 5.26 Å².